The Morgan fingerprint density at radius 2 is 1.62 bits per heavy atom. The minimum Gasteiger partial charge on any atom is -0.459 e. The Labute approximate surface area is 147 Å². The molecule has 24 heavy (non-hydrogen) atoms. The van der Waals surface area contributed by atoms with Crippen molar-refractivity contribution in [3.05, 3.63) is 54.1 Å². The monoisotopic (exact) mass is 347 g/mol. The van der Waals surface area contributed by atoms with Crippen LogP contribution in [0.4, 0.5) is 5.69 Å². The number of esters is 1. The van der Waals surface area contributed by atoms with Gasteiger partial charge in [0.15, 0.2) is 0 Å². The Morgan fingerprint density at radius 3 is 2.12 bits per heavy atom. The summed E-state index contributed by atoms with van der Waals surface area (Å²) >= 11 is 5.56. The SMILES string of the molecule is CC(C)OC(=O)c1ccc(-c2ccc(NCC(O)CCl)cc2)cc1. The summed E-state index contributed by atoms with van der Waals surface area (Å²) in [5.74, 6) is -0.106. The molecule has 0 aliphatic carbocycles. The average Bonchev–Trinajstić information content (AvgIpc) is 2.59. The number of hydrogen-bond acceptors (Lipinski definition) is 4. The highest BCUT2D eigenvalue weighted by atomic mass is 35.5. The first-order valence-corrected chi connectivity index (χ1v) is 8.42. The molecule has 0 heterocycles. The number of aliphatic hydroxyl groups excluding tert-OH is 1. The average molecular weight is 348 g/mol. The number of anilines is 1. The molecule has 128 valence electrons. The maximum Gasteiger partial charge on any atom is 0.338 e. The van der Waals surface area contributed by atoms with Gasteiger partial charge in [0.1, 0.15) is 0 Å². The number of ether oxygens (including phenoxy) is 1. The van der Waals surface area contributed by atoms with E-state index in [0.717, 1.165) is 16.8 Å². The van der Waals surface area contributed by atoms with Crippen LogP contribution in [-0.4, -0.2) is 35.7 Å². The molecular weight excluding hydrogens is 326 g/mol. The van der Waals surface area contributed by atoms with E-state index in [4.69, 9.17) is 16.3 Å². The zero-order chi connectivity index (χ0) is 17.5. The maximum absolute atomic E-state index is 11.8. The van der Waals surface area contributed by atoms with Gasteiger partial charge in [0.25, 0.3) is 0 Å². The van der Waals surface area contributed by atoms with Crippen molar-refractivity contribution in [2.24, 2.45) is 0 Å². The molecule has 0 fully saturated rings. The molecule has 2 aromatic rings. The van der Waals surface area contributed by atoms with Crippen LogP contribution >= 0.6 is 11.6 Å². The molecule has 0 aliphatic rings. The lowest BCUT2D eigenvalue weighted by atomic mass is 10.0. The smallest absolute Gasteiger partial charge is 0.338 e. The van der Waals surface area contributed by atoms with Gasteiger partial charge in [0.2, 0.25) is 0 Å². The summed E-state index contributed by atoms with van der Waals surface area (Å²) in [6, 6.07) is 15.2. The minimum atomic E-state index is -0.565. The molecule has 0 bridgehead atoms. The van der Waals surface area contributed by atoms with E-state index in [1.54, 1.807) is 12.1 Å². The number of rotatable bonds is 7. The molecule has 0 radical (unpaired) electrons. The number of aliphatic hydroxyl groups is 1. The van der Waals surface area contributed by atoms with Gasteiger partial charge in [-0.2, -0.15) is 0 Å². The first-order valence-electron chi connectivity index (χ1n) is 7.89. The van der Waals surface area contributed by atoms with Crippen LogP contribution in [0.25, 0.3) is 11.1 Å². The number of nitrogens with one attached hydrogen (secondary N) is 1. The lowest BCUT2D eigenvalue weighted by Crippen LogP contribution is -2.20. The highest BCUT2D eigenvalue weighted by Crippen LogP contribution is 2.22. The van der Waals surface area contributed by atoms with Crippen LogP contribution in [0.1, 0.15) is 24.2 Å². The van der Waals surface area contributed by atoms with Crippen LogP contribution in [-0.2, 0) is 4.74 Å². The molecule has 0 saturated heterocycles. The molecule has 0 aliphatic heterocycles. The third-order valence-electron chi connectivity index (χ3n) is 3.40. The number of carbonyl (C=O) groups excluding carboxylic acids is 1. The number of carbonyl (C=O) groups is 1. The molecular formula is C19H22ClNO3. The quantitative estimate of drug-likeness (QED) is 0.588. The van der Waals surface area contributed by atoms with Gasteiger partial charge in [-0.1, -0.05) is 24.3 Å². The summed E-state index contributed by atoms with van der Waals surface area (Å²) in [5, 5.41) is 12.6. The van der Waals surface area contributed by atoms with E-state index >= 15 is 0 Å². The molecule has 0 saturated carbocycles. The van der Waals surface area contributed by atoms with E-state index in [2.05, 4.69) is 5.32 Å². The second-order valence-electron chi connectivity index (χ2n) is 5.80. The molecule has 2 N–H and O–H groups in total. The standard InChI is InChI=1S/C19H22ClNO3/c1-13(2)24-19(23)16-5-3-14(4-6-16)15-7-9-17(10-8-15)21-12-18(22)11-20/h3-10,13,18,21-22H,11-12H2,1-2H3. The van der Waals surface area contributed by atoms with E-state index in [1.807, 2.05) is 50.2 Å². The molecule has 1 unspecified atom stereocenters. The molecule has 2 rings (SSSR count). The van der Waals surface area contributed by atoms with Crippen LogP contribution in [0.15, 0.2) is 48.5 Å². The Kier molecular flexibility index (Phi) is 6.64. The van der Waals surface area contributed by atoms with Crippen molar-refractivity contribution in [3.8, 4) is 11.1 Å². The number of alkyl halides is 1. The first kappa shape index (κ1) is 18.3. The third kappa shape index (κ3) is 5.25. The second-order valence-corrected chi connectivity index (χ2v) is 6.11. The van der Waals surface area contributed by atoms with Gasteiger partial charge in [0.05, 0.1) is 23.7 Å². The number of halogens is 1. The highest BCUT2D eigenvalue weighted by molar-refractivity contribution is 6.18. The van der Waals surface area contributed by atoms with Crippen LogP contribution in [0.2, 0.25) is 0 Å². The fraction of sp³-hybridized carbons (Fsp3) is 0.316. The minimum absolute atomic E-state index is 0.130. The van der Waals surface area contributed by atoms with Crippen molar-refractivity contribution < 1.29 is 14.6 Å². The van der Waals surface area contributed by atoms with Crippen LogP contribution in [0, 0.1) is 0 Å². The molecule has 5 heteroatoms. The van der Waals surface area contributed by atoms with Crippen LogP contribution in [0.3, 0.4) is 0 Å². The van der Waals surface area contributed by atoms with Crippen molar-refractivity contribution in [3.63, 3.8) is 0 Å². The number of hydrogen-bond donors (Lipinski definition) is 2. The summed E-state index contributed by atoms with van der Waals surface area (Å²) in [6.45, 7) is 4.07. The lowest BCUT2D eigenvalue weighted by molar-refractivity contribution is 0.0378. The Bertz CT molecular complexity index is 653. The van der Waals surface area contributed by atoms with Crippen molar-refractivity contribution >= 4 is 23.3 Å². The lowest BCUT2D eigenvalue weighted by Gasteiger charge is -2.11. The number of benzene rings is 2. The fourth-order valence-electron chi connectivity index (χ4n) is 2.15. The summed E-state index contributed by atoms with van der Waals surface area (Å²) in [4.78, 5) is 11.8. The van der Waals surface area contributed by atoms with Gasteiger partial charge in [0, 0.05) is 12.2 Å². The van der Waals surface area contributed by atoms with E-state index in [-0.39, 0.29) is 18.0 Å². The predicted molar refractivity (Wildman–Crippen MR) is 97.6 cm³/mol. The van der Waals surface area contributed by atoms with Gasteiger partial charge in [-0.3, -0.25) is 0 Å². The zero-order valence-electron chi connectivity index (χ0n) is 13.8. The van der Waals surface area contributed by atoms with E-state index in [9.17, 15) is 9.90 Å². The van der Waals surface area contributed by atoms with Crippen molar-refractivity contribution in [1.82, 2.24) is 0 Å². The maximum atomic E-state index is 11.8. The fourth-order valence-corrected chi connectivity index (χ4v) is 2.26. The summed E-state index contributed by atoms with van der Waals surface area (Å²) in [5.41, 5.74) is 3.52. The Morgan fingerprint density at radius 1 is 1.08 bits per heavy atom. The Balaban J connectivity index is 2.02. The molecule has 0 amide bonds. The Hall–Kier alpha value is -2.04. The molecule has 0 spiro atoms. The summed E-state index contributed by atoms with van der Waals surface area (Å²) in [6.07, 6.45) is -0.695. The third-order valence-corrected chi connectivity index (χ3v) is 3.76. The zero-order valence-corrected chi connectivity index (χ0v) is 14.6. The van der Waals surface area contributed by atoms with Gasteiger partial charge < -0.3 is 15.2 Å². The largest absolute Gasteiger partial charge is 0.459 e. The van der Waals surface area contributed by atoms with Crippen LogP contribution in [0.5, 0.6) is 0 Å². The van der Waals surface area contributed by atoms with Crippen molar-refractivity contribution in [2.75, 3.05) is 17.7 Å². The molecule has 0 aromatic heterocycles. The topological polar surface area (TPSA) is 58.6 Å². The predicted octanol–water partition coefficient (Wildman–Crippen LogP) is 3.93. The second kappa shape index (κ2) is 8.71. The molecule has 1 atom stereocenters. The van der Waals surface area contributed by atoms with Crippen LogP contribution < -0.4 is 5.32 Å². The van der Waals surface area contributed by atoms with E-state index in [0.29, 0.717) is 12.1 Å². The summed E-state index contributed by atoms with van der Waals surface area (Å²) < 4.78 is 5.18. The van der Waals surface area contributed by atoms with E-state index < -0.39 is 6.10 Å². The first-order chi connectivity index (χ1) is 11.5. The normalized spacial score (nSPS) is 12.0. The van der Waals surface area contributed by atoms with Crippen molar-refractivity contribution in [1.29, 1.82) is 0 Å². The van der Waals surface area contributed by atoms with Gasteiger partial charge in [-0.05, 0) is 49.2 Å². The van der Waals surface area contributed by atoms with Gasteiger partial charge in [-0.25, -0.2) is 4.79 Å². The highest BCUT2D eigenvalue weighted by Gasteiger charge is 2.09. The van der Waals surface area contributed by atoms with Gasteiger partial charge >= 0.3 is 5.97 Å². The van der Waals surface area contributed by atoms with Gasteiger partial charge in [-0.15, -0.1) is 11.6 Å². The summed E-state index contributed by atoms with van der Waals surface area (Å²) in [7, 11) is 0. The van der Waals surface area contributed by atoms with E-state index in [1.165, 1.54) is 0 Å². The molecule has 4 nitrogen and oxygen atoms in total. The molecule has 2 aromatic carbocycles. The van der Waals surface area contributed by atoms with Crippen molar-refractivity contribution in [2.45, 2.75) is 26.1 Å².